The van der Waals surface area contributed by atoms with E-state index in [1.807, 2.05) is 72.7 Å². The van der Waals surface area contributed by atoms with E-state index in [0.29, 0.717) is 26.1 Å². The molecule has 1 amide bonds. The van der Waals surface area contributed by atoms with Crippen molar-refractivity contribution in [1.82, 2.24) is 15.1 Å². The van der Waals surface area contributed by atoms with Crippen LogP contribution in [-0.2, 0) is 27.4 Å². The lowest BCUT2D eigenvalue weighted by molar-refractivity contribution is -0.162. The van der Waals surface area contributed by atoms with E-state index in [9.17, 15) is 9.59 Å². The van der Waals surface area contributed by atoms with Gasteiger partial charge in [0.2, 0.25) is 0 Å². The maximum Gasteiger partial charge on any atom is 0.407 e. The number of esters is 1. The molecule has 0 radical (unpaired) electrons. The first-order chi connectivity index (χ1) is 19.7. The molecule has 1 N–H and O–H groups in total. The van der Waals surface area contributed by atoms with Gasteiger partial charge in [-0.1, -0.05) is 81.4 Å². The molecular weight excluding hydrogens is 526 g/mol. The number of ether oxygens (including phenoxy) is 2. The van der Waals surface area contributed by atoms with Gasteiger partial charge in [0.05, 0.1) is 0 Å². The third kappa shape index (κ3) is 13.0. The predicted molar refractivity (Wildman–Crippen MR) is 171 cm³/mol. The third-order valence-corrected chi connectivity index (χ3v) is 7.06. The van der Waals surface area contributed by atoms with Crippen molar-refractivity contribution in [1.29, 1.82) is 0 Å². The molecular formula is C35H55N3O4. The van der Waals surface area contributed by atoms with Gasteiger partial charge in [0, 0.05) is 38.3 Å². The molecule has 0 aliphatic heterocycles. The van der Waals surface area contributed by atoms with Gasteiger partial charge in [-0.25, -0.2) is 4.79 Å². The van der Waals surface area contributed by atoms with E-state index in [2.05, 4.69) is 65.4 Å². The van der Waals surface area contributed by atoms with E-state index in [1.54, 1.807) is 0 Å². The maximum absolute atomic E-state index is 13.5. The summed E-state index contributed by atoms with van der Waals surface area (Å²) < 4.78 is 11.5. The molecule has 3 atom stereocenters. The summed E-state index contributed by atoms with van der Waals surface area (Å²) >= 11 is 0. The van der Waals surface area contributed by atoms with Gasteiger partial charge in [-0.05, 0) is 71.9 Å². The second-order valence-electron chi connectivity index (χ2n) is 13.1. The molecule has 0 saturated heterocycles. The number of hydrogen-bond donors (Lipinski definition) is 1. The monoisotopic (exact) mass is 581 g/mol. The van der Waals surface area contributed by atoms with E-state index < -0.39 is 17.3 Å². The SMILES string of the molecule is CC[C@@H](CN(Cc1ccccc1)[C@@H](CC)CN(Cc1ccccc1)[C@@H](CC)C(=O)OC(C)(C)C)NC(=O)OC(C)(C)C. The molecule has 7 heteroatoms. The quantitative estimate of drug-likeness (QED) is 0.225. The van der Waals surface area contributed by atoms with E-state index in [0.717, 1.165) is 24.9 Å². The third-order valence-electron chi connectivity index (χ3n) is 7.06. The summed E-state index contributed by atoms with van der Waals surface area (Å²) in [7, 11) is 0. The summed E-state index contributed by atoms with van der Waals surface area (Å²) in [5.41, 5.74) is 1.24. The van der Waals surface area contributed by atoms with Crippen molar-refractivity contribution in [3.8, 4) is 0 Å². The van der Waals surface area contributed by atoms with Crippen molar-refractivity contribution < 1.29 is 19.1 Å². The van der Waals surface area contributed by atoms with Crippen LogP contribution in [0, 0.1) is 0 Å². The van der Waals surface area contributed by atoms with E-state index >= 15 is 0 Å². The van der Waals surface area contributed by atoms with Crippen LogP contribution in [-0.4, -0.2) is 64.3 Å². The lowest BCUT2D eigenvalue weighted by atomic mass is 10.0. The fourth-order valence-electron chi connectivity index (χ4n) is 5.03. The molecule has 2 rings (SSSR count). The summed E-state index contributed by atoms with van der Waals surface area (Å²) in [4.78, 5) is 30.9. The van der Waals surface area contributed by atoms with Gasteiger partial charge in [-0.15, -0.1) is 0 Å². The molecule has 0 aromatic heterocycles. The molecule has 0 aliphatic carbocycles. The molecule has 0 bridgehead atoms. The van der Waals surface area contributed by atoms with Crippen LogP contribution in [0.1, 0.15) is 92.7 Å². The number of hydrogen-bond acceptors (Lipinski definition) is 6. The number of benzene rings is 2. The van der Waals surface area contributed by atoms with Crippen LogP contribution in [0.4, 0.5) is 4.79 Å². The lowest BCUT2D eigenvalue weighted by Gasteiger charge is -2.39. The van der Waals surface area contributed by atoms with Gasteiger partial charge < -0.3 is 14.8 Å². The maximum atomic E-state index is 13.5. The van der Waals surface area contributed by atoms with Crippen molar-refractivity contribution in [2.45, 2.75) is 124 Å². The minimum Gasteiger partial charge on any atom is -0.459 e. The second kappa shape index (κ2) is 16.7. The van der Waals surface area contributed by atoms with Crippen molar-refractivity contribution in [2.75, 3.05) is 13.1 Å². The highest BCUT2D eigenvalue weighted by atomic mass is 16.6. The van der Waals surface area contributed by atoms with E-state index in [1.165, 1.54) is 5.56 Å². The molecule has 234 valence electrons. The average Bonchev–Trinajstić information content (AvgIpc) is 2.90. The van der Waals surface area contributed by atoms with Crippen molar-refractivity contribution in [3.63, 3.8) is 0 Å². The number of alkyl carbamates (subject to hydrolysis) is 1. The Balaban J connectivity index is 2.40. The van der Waals surface area contributed by atoms with Gasteiger partial charge >= 0.3 is 12.1 Å². The van der Waals surface area contributed by atoms with Crippen molar-refractivity contribution in [2.24, 2.45) is 0 Å². The Bertz CT molecular complexity index is 1060. The number of nitrogens with one attached hydrogen (secondary N) is 1. The predicted octanol–water partition coefficient (Wildman–Crippen LogP) is 7.19. The standard InChI is InChI=1S/C35H55N3O4/c1-10-29(36-33(40)42-35(7,8)9)25-37(23-27-19-15-13-16-20-27)30(11-2)26-38(24-28-21-17-14-18-22-28)31(12-3)32(39)41-34(4,5)6/h13-22,29-31H,10-12,23-26H2,1-9H3,(H,36,40)/t29-,30-,31-/m0/s1. The molecule has 2 aromatic carbocycles. The molecule has 0 aliphatic rings. The highest BCUT2D eigenvalue weighted by Gasteiger charge is 2.32. The second-order valence-corrected chi connectivity index (χ2v) is 13.1. The Morgan fingerprint density at radius 3 is 1.62 bits per heavy atom. The number of amides is 1. The minimum absolute atomic E-state index is 0.0898. The van der Waals surface area contributed by atoms with E-state index in [4.69, 9.17) is 9.47 Å². The molecule has 2 aromatic rings. The van der Waals surface area contributed by atoms with Crippen molar-refractivity contribution >= 4 is 12.1 Å². The largest absolute Gasteiger partial charge is 0.459 e. The Morgan fingerprint density at radius 1 is 0.690 bits per heavy atom. The van der Waals surface area contributed by atoms with Gasteiger partial charge in [0.25, 0.3) is 0 Å². The Hall–Kier alpha value is -2.90. The molecule has 42 heavy (non-hydrogen) atoms. The number of carbonyl (C=O) groups excluding carboxylic acids is 2. The zero-order valence-corrected chi connectivity index (χ0v) is 27.5. The normalized spacial score (nSPS) is 14.4. The Kier molecular flexibility index (Phi) is 14.0. The van der Waals surface area contributed by atoms with Crippen LogP contribution in [0.2, 0.25) is 0 Å². The average molecular weight is 582 g/mol. The highest BCUT2D eigenvalue weighted by Crippen LogP contribution is 2.21. The Morgan fingerprint density at radius 2 is 1.19 bits per heavy atom. The van der Waals surface area contributed by atoms with Gasteiger partial charge in [0.15, 0.2) is 0 Å². The topological polar surface area (TPSA) is 71.1 Å². The van der Waals surface area contributed by atoms with E-state index in [-0.39, 0.29) is 24.1 Å². The van der Waals surface area contributed by atoms with Crippen LogP contribution in [0.3, 0.4) is 0 Å². The summed E-state index contributed by atoms with van der Waals surface area (Å²) in [6, 6.07) is 20.4. The summed E-state index contributed by atoms with van der Waals surface area (Å²) in [6.45, 7) is 20.4. The fourth-order valence-corrected chi connectivity index (χ4v) is 5.03. The minimum atomic E-state index is -0.563. The van der Waals surface area contributed by atoms with Crippen LogP contribution >= 0.6 is 0 Å². The van der Waals surface area contributed by atoms with Crippen LogP contribution < -0.4 is 5.32 Å². The van der Waals surface area contributed by atoms with Crippen LogP contribution in [0.25, 0.3) is 0 Å². The number of rotatable bonds is 15. The van der Waals surface area contributed by atoms with Crippen molar-refractivity contribution in [3.05, 3.63) is 71.8 Å². The first-order valence-corrected chi connectivity index (χ1v) is 15.5. The molecule has 0 spiro atoms. The van der Waals surface area contributed by atoms with Crippen LogP contribution in [0.15, 0.2) is 60.7 Å². The summed E-state index contributed by atoms with van der Waals surface area (Å²) in [5.74, 6) is -0.191. The number of nitrogens with zero attached hydrogens (tertiary/aromatic N) is 2. The smallest absolute Gasteiger partial charge is 0.407 e. The highest BCUT2D eigenvalue weighted by molar-refractivity contribution is 5.76. The molecule has 0 saturated carbocycles. The lowest BCUT2D eigenvalue weighted by Crippen LogP contribution is -2.53. The van der Waals surface area contributed by atoms with Gasteiger partial charge in [-0.3, -0.25) is 14.6 Å². The molecule has 7 nitrogen and oxygen atoms in total. The summed E-state index contributed by atoms with van der Waals surface area (Å²) in [5, 5.41) is 3.10. The zero-order valence-electron chi connectivity index (χ0n) is 27.5. The molecule has 0 unspecified atom stereocenters. The zero-order chi connectivity index (χ0) is 31.3. The molecule has 0 fully saturated rings. The Labute approximate surface area is 255 Å². The molecule has 0 heterocycles. The first-order valence-electron chi connectivity index (χ1n) is 15.5. The fraction of sp³-hybridized carbons (Fsp3) is 0.600. The summed E-state index contributed by atoms with van der Waals surface area (Å²) in [6.07, 6.45) is 1.90. The number of carbonyl (C=O) groups is 2. The van der Waals surface area contributed by atoms with Gasteiger partial charge in [-0.2, -0.15) is 0 Å². The van der Waals surface area contributed by atoms with Crippen LogP contribution in [0.5, 0.6) is 0 Å². The van der Waals surface area contributed by atoms with Gasteiger partial charge in [0.1, 0.15) is 17.2 Å². The first kappa shape index (κ1) is 35.3.